The first-order valence-electron chi connectivity index (χ1n) is 10.5. The van der Waals surface area contributed by atoms with Gasteiger partial charge in [-0.05, 0) is 47.6 Å². The van der Waals surface area contributed by atoms with Crippen LogP contribution in [-0.2, 0) is 0 Å². The largest absolute Gasteiger partial charge is 0.370 e. The molecule has 0 aliphatic carbocycles. The molecule has 2 heterocycles. The lowest BCUT2D eigenvalue weighted by Crippen LogP contribution is -2.22. The monoisotopic (exact) mass is 509 g/mol. The molecule has 4 aromatic rings. The number of hydrogen-bond donors (Lipinski definition) is 1. The van der Waals surface area contributed by atoms with Crippen LogP contribution in [0.4, 0.5) is 5.82 Å². The van der Waals surface area contributed by atoms with Gasteiger partial charge in [-0.25, -0.2) is 4.98 Å². The fraction of sp³-hybridized carbons (Fsp3) is 0.200. The van der Waals surface area contributed by atoms with Crippen molar-refractivity contribution in [2.45, 2.75) is 6.42 Å². The molecular formula is C25H25BrClN5. The average Bonchev–Trinajstić information content (AvgIpc) is 3.18. The highest BCUT2D eigenvalue weighted by molar-refractivity contribution is 9.10. The Morgan fingerprint density at radius 2 is 1.91 bits per heavy atom. The Labute approximate surface area is 201 Å². The third-order valence-electron chi connectivity index (χ3n) is 5.13. The number of nitrogens with zero attached hydrogens (tertiary/aromatic N) is 4. The molecule has 0 unspecified atom stereocenters. The van der Waals surface area contributed by atoms with E-state index in [2.05, 4.69) is 74.7 Å². The quantitative estimate of drug-likeness (QED) is 0.270. The van der Waals surface area contributed by atoms with E-state index in [4.69, 9.17) is 16.6 Å². The SMILES string of the molecule is CN(CC=Cc1ccccc1)CCCNc1cc(-c2ccccc2Cl)nc2c(Br)cnn12. The van der Waals surface area contributed by atoms with Crippen LogP contribution in [0, 0.1) is 0 Å². The number of likely N-dealkylation sites (N-methyl/N-ethyl adjacent to an activating group) is 1. The van der Waals surface area contributed by atoms with Crippen LogP contribution in [0.25, 0.3) is 23.0 Å². The first-order valence-corrected chi connectivity index (χ1v) is 11.7. The molecule has 7 heteroatoms. The molecule has 2 aromatic carbocycles. The Bertz CT molecular complexity index is 1210. The Morgan fingerprint density at radius 3 is 2.72 bits per heavy atom. The van der Waals surface area contributed by atoms with Crippen LogP contribution in [-0.4, -0.2) is 46.2 Å². The van der Waals surface area contributed by atoms with Crippen molar-refractivity contribution < 1.29 is 0 Å². The summed E-state index contributed by atoms with van der Waals surface area (Å²) in [5.41, 5.74) is 3.70. The first-order chi connectivity index (χ1) is 15.6. The number of aromatic nitrogens is 3. The van der Waals surface area contributed by atoms with Crippen LogP contribution < -0.4 is 5.32 Å². The van der Waals surface area contributed by atoms with Crippen LogP contribution in [0.1, 0.15) is 12.0 Å². The summed E-state index contributed by atoms with van der Waals surface area (Å²) >= 11 is 9.96. The highest BCUT2D eigenvalue weighted by Crippen LogP contribution is 2.30. The lowest BCUT2D eigenvalue weighted by molar-refractivity contribution is 0.368. The number of hydrogen-bond acceptors (Lipinski definition) is 4. The summed E-state index contributed by atoms with van der Waals surface area (Å²) in [6.45, 7) is 2.73. The van der Waals surface area contributed by atoms with Gasteiger partial charge in [0.25, 0.3) is 0 Å². The predicted molar refractivity (Wildman–Crippen MR) is 137 cm³/mol. The maximum Gasteiger partial charge on any atom is 0.172 e. The van der Waals surface area contributed by atoms with Gasteiger partial charge in [0.2, 0.25) is 0 Å². The van der Waals surface area contributed by atoms with E-state index in [0.717, 1.165) is 53.3 Å². The second kappa shape index (κ2) is 10.8. The van der Waals surface area contributed by atoms with Gasteiger partial charge in [0.15, 0.2) is 5.65 Å². The minimum Gasteiger partial charge on any atom is -0.370 e. The predicted octanol–water partition coefficient (Wildman–Crippen LogP) is 6.26. The van der Waals surface area contributed by atoms with E-state index in [1.807, 2.05) is 40.9 Å². The van der Waals surface area contributed by atoms with Crippen molar-refractivity contribution in [3.63, 3.8) is 0 Å². The fourth-order valence-corrected chi connectivity index (χ4v) is 4.04. The van der Waals surface area contributed by atoms with Gasteiger partial charge < -0.3 is 10.2 Å². The minimum absolute atomic E-state index is 0.677. The van der Waals surface area contributed by atoms with E-state index < -0.39 is 0 Å². The summed E-state index contributed by atoms with van der Waals surface area (Å²) < 4.78 is 2.66. The number of benzene rings is 2. The maximum atomic E-state index is 6.41. The molecule has 0 amide bonds. The van der Waals surface area contributed by atoms with Gasteiger partial charge in [0, 0.05) is 29.7 Å². The highest BCUT2D eigenvalue weighted by Gasteiger charge is 2.13. The van der Waals surface area contributed by atoms with E-state index in [1.165, 1.54) is 5.56 Å². The van der Waals surface area contributed by atoms with Gasteiger partial charge in [-0.15, -0.1) is 0 Å². The third-order valence-corrected chi connectivity index (χ3v) is 6.02. The van der Waals surface area contributed by atoms with Crippen molar-refractivity contribution in [3.8, 4) is 11.3 Å². The molecule has 5 nitrogen and oxygen atoms in total. The number of anilines is 1. The fourth-order valence-electron chi connectivity index (χ4n) is 3.46. The zero-order valence-corrected chi connectivity index (χ0v) is 20.2. The molecule has 0 aliphatic heterocycles. The second-order valence-electron chi connectivity index (χ2n) is 7.59. The smallest absolute Gasteiger partial charge is 0.172 e. The molecule has 0 aliphatic rings. The van der Waals surface area contributed by atoms with E-state index >= 15 is 0 Å². The van der Waals surface area contributed by atoms with Crippen LogP contribution in [0.3, 0.4) is 0 Å². The number of fused-ring (bicyclic) bond motifs is 1. The van der Waals surface area contributed by atoms with E-state index in [-0.39, 0.29) is 0 Å². The van der Waals surface area contributed by atoms with Crippen molar-refractivity contribution in [2.24, 2.45) is 0 Å². The molecule has 0 atom stereocenters. The lowest BCUT2D eigenvalue weighted by Gasteiger charge is -2.15. The van der Waals surface area contributed by atoms with Crippen LogP contribution in [0.15, 0.2) is 77.4 Å². The molecule has 0 saturated carbocycles. The summed E-state index contributed by atoms with van der Waals surface area (Å²) in [6.07, 6.45) is 7.13. The van der Waals surface area contributed by atoms with Gasteiger partial charge in [-0.2, -0.15) is 9.61 Å². The average molecular weight is 511 g/mol. The van der Waals surface area contributed by atoms with E-state index in [1.54, 1.807) is 6.20 Å². The summed E-state index contributed by atoms with van der Waals surface area (Å²) in [4.78, 5) is 7.06. The van der Waals surface area contributed by atoms with Crippen molar-refractivity contribution in [2.75, 3.05) is 32.0 Å². The molecule has 2 aromatic heterocycles. The Hall–Kier alpha value is -2.67. The third kappa shape index (κ3) is 5.57. The van der Waals surface area contributed by atoms with Crippen molar-refractivity contribution >= 4 is 45.1 Å². The zero-order chi connectivity index (χ0) is 22.3. The summed E-state index contributed by atoms with van der Waals surface area (Å²) in [5.74, 6) is 0.891. The van der Waals surface area contributed by atoms with Gasteiger partial charge in [-0.3, -0.25) is 0 Å². The number of nitrogens with one attached hydrogen (secondary N) is 1. The molecule has 0 fully saturated rings. The molecule has 0 radical (unpaired) electrons. The molecule has 4 rings (SSSR count). The Morgan fingerprint density at radius 1 is 1.12 bits per heavy atom. The molecular weight excluding hydrogens is 486 g/mol. The summed E-state index contributed by atoms with van der Waals surface area (Å²) in [7, 11) is 2.14. The minimum atomic E-state index is 0.677. The standard InChI is InChI=1S/C25H25BrClN5/c1-31(15-7-11-19-9-3-2-4-10-19)16-8-14-28-24-17-23(20-12-5-6-13-22(20)27)30-25-21(26)18-29-32(24)25/h2-7,9-13,17-18,28H,8,14-16H2,1H3. The highest BCUT2D eigenvalue weighted by atomic mass is 79.9. The summed E-state index contributed by atoms with van der Waals surface area (Å²) in [5, 5.41) is 8.65. The van der Waals surface area contributed by atoms with Crippen LogP contribution >= 0.6 is 27.5 Å². The Balaban J connectivity index is 1.38. The van der Waals surface area contributed by atoms with Gasteiger partial charge in [0.05, 0.1) is 16.4 Å². The normalized spacial score (nSPS) is 11.6. The van der Waals surface area contributed by atoms with Crippen LogP contribution in [0.5, 0.6) is 0 Å². The summed E-state index contributed by atoms with van der Waals surface area (Å²) in [6, 6.07) is 20.1. The molecule has 32 heavy (non-hydrogen) atoms. The van der Waals surface area contributed by atoms with Gasteiger partial charge in [-0.1, -0.05) is 72.3 Å². The van der Waals surface area contributed by atoms with Crippen LogP contribution in [0.2, 0.25) is 5.02 Å². The molecule has 1 N–H and O–H groups in total. The number of halogens is 2. The van der Waals surface area contributed by atoms with Crippen molar-refractivity contribution in [1.29, 1.82) is 0 Å². The maximum absolute atomic E-state index is 6.41. The van der Waals surface area contributed by atoms with E-state index in [0.29, 0.717) is 5.02 Å². The first kappa shape index (κ1) is 22.5. The van der Waals surface area contributed by atoms with Gasteiger partial charge >= 0.3 is 0 Å². The lowest BCUT2D eigenvalue weighted by atomic mass is 10.1. The topological polar surface area (TPSA) is 45.5 Å². The second-order valence-corrected chi connectivity index (χ2v) is 8.85. The Kier molecular flexibility index (Phi) is 7.58. The van der Waals surface area contributed by atoms with Crippen molar-refractivity contribution in [1.82, 2.24) is 19.5 Å². The van der Waals surface area contributed by atoms with Crippen molar-refractivity contribution in [3.05, 3.63) is 88.0 Å². The van der Waals surface area contributed by atoms with E-state index in [9.17, 15) is 0 Å². The molecule has 0 saturated heterocycles. The molecule has 0 spiro atoms. The number of rotatable bonds is 9. The van der Waals surface area contributed by atoms with Gasteiger partial charge in [0.1, 0.15) is 5.82 Å². The molecule has 164 valence electrons. The zero-order valence-electron chi connectivity index (χ0n) is 17.9. The molecule has 0 bridgehead atoms.